The maximum atomic E-state index is 12.3. The molecule has 0 fully saturated rings. The number of aryl methyl sites for hydroxylation is 1. The number of halogens is 2. The lowest BCUT2D eigenvalue weighted by atomic mass is 10.1. The standard InChI is InChI=1S/C14H12F2N2O3S/c1-7-2-3-8(6-9(7)12(17)19)18-13(20)11-10(4-5-22-11)21-14(15)16/h2-6,14H,1H3,(H2,17,19)(H,18,20). The number of primary amides is 1. The van der Waals surface area contributed by atoms with E-state index < -0.39 is 18.4 Å². The van der Waals surface area contributed by atoms with Crippen LogP contribution in [0.5, 0.6) is 5.75 Å². The fraction of sp³-hybridized carbons (Fsp3) is 0.143. The molecule has 1 aromatic carbocycles. The number of nitrogens with one attached hydrogen (secondary N) is 1. The number of carbonyl (C=O) groups excluding carboxylic acids is 2. The molecule has 5 nitrogen and oxygen atoms in total. The number of alkyl halides is 2. The van der Waals surface area contributed by atoms with Crippen molar-refractivity contribution in [3.63, 3.8) is 0 Å². The maximum Gasteiger partial charge on any atom is 0.387 e. The Kier molecular flexibility index (Phi) is 4.71. The Morgan fingerprint density at radius 1 is 1.32 bits per heavy atom. The summed E-state index contributed by atoms with van der Waals surface area (Å²) >= 11 is 0.971. The van der Waals surface area contributed by atoms with Crippen molar-refractivity contribution in [3.8, 4) is 5.75 Å². The van der Waals surface area contributed by atoms with Gasteiger partial charge >= 0.3 is 6.61 Å². The second-order valence-corrected chi connectivity index (χ2v) is 5.26. The van der Waals surface area contributed by atoms with Crippen LogP contribution >= 0.6 is 11.3 Å². The minimum atomic E-state index is -3.01. The summed E-state index contributed by atoms with van der Waals surface area (Å²) in [5.41, 5.74) is 6.51. The minimum Gasteiger partial charge on any atom is -0.433 e. The van der Waals surface area contributed by atoms with E-state index in [1.165, 1.54) is 17.5 Å². The molecular formula is C14H12F2N2O3S. The summed E-state index contributed by atoms with van der Waals surface area (Å²) in [6.45, 7) is -1.30. The number of benzene rings is 1. The van der Waals surface area contributed by atoms with Crippen LogP contribution in [-0.4, -0.2) is 18.4 Å². The largest absolute Gasteiger partial charge is 0.433 e. The van der Waals surface area contributed by atoms with Crippen LogP contribution in [0, 0.1) is 6.92 Å². The van der Waals surface area contributed by atoms with E-state index in [-0.39, 0.29) is 16.2 Å². The monoisotopic (exact) mass is 326 g/mol. The molecule has 2 aromatic rings. The Morgan fingerprint density at radius 3 is 2.68 bits per heavy atom. The van der Waals surface area contributed by atoms with Crippen LogP contribution in [0.15, 0.2) is 29.6 Å². The van der Waals surface area contributed by atoms with Crippen molar-refractivity contribution in [2.75, 3.05) is 5.32 Å². The number of hydrogen-bond acceptors (Lipinski definition) is 4. The van der Waals surface area contributed by atoms with Crippen molar-refractivity contribution in [3.05, 3.63) is 45.6 Å². The van der Waals surface area contributed by atoms with E-state index in [4.69, 9.17) is 5.73 Å². The van der Waals surface area contributed by atoms with Gasteiger partial charge in [-0.1, -0.05) is 6.07 Å². The van der Waals surface area contributed by atoms with Gasteiger partial charge in [-0.2, -0.15) is 8.78 Å². The third kappa shape index (κ3) is 3.59. The third-order valence-electron chi connectivity index (χ3n) is 2.81. The summed E-state index contributed by atoms with van der Waals surface area (Å²) in [7, 11) is 0. The SMILES string of the molecule is Cc1ccc(NC(=O)c2sccc2OC(F)F)cc1C(N)=O. The Morgan fingerprint density at radius 2 is 2.05 bits per heavy atom. The highest BCUT2D eigenvalue weighted by Gasteiger charge is 2.18. The molecule has 0 aliphatic heterocycles. The van der Waals surface area contributed by atoms with Crippen molar-refractivity contribution in [2.45, 2.75) is 13.5 Å². The summed E-state index contributed by atoms with van der Waals surface area (Å²) < 4.78 is 28.8. The summed E-state index contributed by atoms with van der Waals surface area (Å²) in [6.07, 6.45) is 0. The van der Waals surface area contributed by atoms with Gasteiger partial charge in [-0.05, 0) is 36.1 Å². The second-order valence-electron chi connectivity index (χ2n) is 4.34. The summed E-state index contributed by atoms with van der Waals surface area (Å²) in [4.78, 5) is 23.4. The lowest BCUT2D eigenvalue weighted by molar-refractivity contribution is -0.0498. The molecule has 1 heterocycles. The molecule has 0 radical (unpaired) electrons. The fourth-order valence-corrected chi connectivity index (χ4v) is 2.52. The Hall–Kier alpha value is -2.48. The fourth-order valence-electron chi connectivity index (χ4n) is 1.80. The number of hydrogen-bond donors (Lipinski definition) is 2. The van der Waals surface area contributed by atoms with Crippen molar-refractivity contribution < 1.29 is 23.1 Å². The van der Waals surface area contributed by atoms with E-state index in [9.17, 15) is 18.4 Å². The van der Waals surface area contributed by atoms with Crippen molar-refractivity contribution in [2.24, 2.45) is 5.73 Å². The van der Waals surface area contributed by atoms with Gasteiger partial charge in [0.25, 0.3) is 5.91 Å². The second kappa shape index (κ2) is 6.52. The third-order valence-corrected chi connectivity index (χ3v) is 3.71. The van der Waals surface area contributed by atoms with Gasteiger partial charge in [-0.25, -0.2) is 0 Å². The van der Waals surface area contributed by atoms with Crippen LogP contribution in [0.3, 0.4) is 0 Å². The predicted molar refractivity (Wildman–Crippen MR) is 78.6 cm³/mol. The van der Waals surface area contributed by atoms with E-state index in [1.54, 1.807) is 19.1 Å². The van der Waals surface area contributed by atoms with Gasteiger partial charge in [0.15, 0.2) is 0 Å². The molecule has 116 valence electrons. The normalized spacial score (nSPS) is 10.5. The zero-order valence-electron chi connectivity index (χ0n) is 11.4. The Balaban J connectivity index is 2.21. The number of anilines is 1. The molecule has 22 heavy (non-hydrogen) atoms. The molecule has 0 aliphatic rings. The van der Waals surface area contributed by atoms with Gasteiger partial charge in [0.2, 0.25) is 5.91 Å². The highest BCUT2D eigenvalue weighted by Crippen LogP contribution is 2.27. The quantitative estimate of drug-likeness (QED) is 0.886. The molecule has 8 heteroatoms. The zero-order valence-corrected chi connectivity index (χ0v) is 12.2. The number of rotatable bonds is 5. The van der Waals surface area contributed by atoms with E-state index in [0.29, 0.717) is 11.3 Å². The van der Waals surface area contributed by atoms with Gasteiger partial charge in [0, 0.05) is 11.3 Å². The Bertz CT molecular complexity index is 716. The van der Waals surface area contributed by atoms with E-state index in [0.717, 1.165) is 11.3 Å². The van der Waals surface area contributed by atoms with E-state index >= 15 is 0 Å². The first kappa shape index (κ1) is 15.9. The molecule has 1 aromatic heterocycles. The van der Waals surface area contributed by atoms with E-state index in [1.807, 2.05) is 0 Å². The van der Waals surface area contributed by atoms with Gasteiger partial charge in [-0.15, -0.1) is 11.3 Å². The highest BCUT2D eigenvalue weighted by atomic mass is 32.1. The van der Waals surface area contributed by atoms with Crippen LogP contribution in [0.25, 0.3) is 0 Å². The predicted octanol–water partition coefficient (Wildman–Crippen LogP) is 3.01. The van der Waals surface area contributed by atoms with Gasteiger partial charge < -0.3 is 15.8 Å². The average molecular weight is 326 g/mol. The molecule has 2 rings (SSSR count). The lowest BCUT2D eigenvalue weighted by Gasteiger charge is -2.09. The van der Waals surface area contributed by atoms with Crippen LogP contribution in [0.2, 0.25) is 0 Å². The van der Waals surface area contributed by atoms with Crippen LogP contribution in [0.4, 0.5) is 14.5 Å². The van der Waals surface area contributed by atoms with Gasteiger partial charge in [0.05, 0.1) is 0 Å². The van der Waals surface area contributed by atoms with Crippen LogP contribution in [-0.2, 0) is 0 Å². The van der Waals surface area contributed by atoms with Crippen molar-refractivity contribution >= 4 is 28.8 Å². The first-order valence-corrected chi connectivity index (χ1v) is 7.00. The summed E-state index contributed by atoms with van der Waals surface area (Å²) in [5, 5.41) is 3.99. The lowest BCUT2D eigenvalue weighted by Crippen LogP contribution is -2.16. The van der Waals surface area contributed by atoms with Gasteiger partial charge in [0.1, 0.15) is 10.6 Å². The molecule has 3 N–H and O–H groups in total. The van der Waals surface area contributed by atoms with Crippen LogP contribution < -0.4 is 15.8 Å². The number of nitrogens with two attached hydrogens (primary N) is 1. The minimum absolute atomic E-state index is 0.0153. The maximum absolute atomic E-state index is 12.3. The van der Waals surface area contributed by atoms with Crippen LogP contribution in [0.1, 0.15) is 25.6 Å². The molecule has 0 atom stereocenters. The summed E-state index contributed by atoms with van der Waals surface area (Å²) in [5.74, 6) is -1.42. The first-order valence-electron chi connectivity index (χ1n) is 6.12. The number of amides is 2. The van der Waals surface area contributed by atoms with Crippen molar-refractivity contribution in [1.82, 2.24) is 0 Å². The topological polar surface area (TPSA) is 81.4 Å². The molecule has 2 amide bonds. The van der Waals surface area contributed by atoms with Crippen molar-refractivity contribution in [1.29, 1.82) is 0 Å². The number of carbonyl (C=O) groups is 2. The zero-order chi connectivity index (χ0) is 16.3. The molecule has 0 spiro atoms. The van der Waals surface area contributed by atoms with E-state index in [2.05, 4.69) is 10.1 Å². The molecule has 0 bridgehead atoms. The molecule has 0 unspecified atom stereocenters. The average Bonchev–Trinajstić information content (AvgIpc) is 2.88. The Labute approximate surface area is 128 Å². The number of thiophene rings is 1. The van der Waals surface area contributed by atoms with Gasteiger partial charge in [-0.3, -0.25) is 9.59 Å². The number of ether oxygens (including phenoxy) is 1. The summed E-state index contributed by atoms with van der Waals surface area (Å²) in [6, 6.07) is 5.92. The molecular weight excluding hydrogens is 314 g/mol. The molecule has 0 aliphatic carbocycles. The highest BCUT2D eigenvalue weighted by molar-refractivity contribution is 7.12. The first-order chi connectivity index (χ1) is 10.4. The molecule has 0 saturated heterocycles. The smallest absolute Gasteiger partial charge is 0.387 e. The molecule has 0 saturated carbocycles.